The molecule has 4 rings (SSSR count). The lowest BCUT2D eigenvalue weighted by Gasteiger charge is -2.30. The monoisotopic (exact) mass is 420 g/mol. The van der Waals surface area contributed by atoms with E-state index < -0.39 is 21.6 Å². The Kier molecular flexibility index (Phi) is 4.67. The number of likely N-dealkylation sites (tertiary alicyclic amines) is 1. The summed E-state index contributed by atoms with van der Waals surface area (Å²) in [5.41, 5.74) is 1.17. The first-order valence-electron chi connectivity index (χ1n) is 8.90. The number of nitrogens with zero attached hydrogens (tertiary/aromatic N) is 2. The fourth-order valence-corrected chi connectivity index (χ4v) is 5.16. The van der Waals surface area contributed by atoms with Crippen molar-refractivity contribution in [2.75, 3.05) is 18.0 Å². The van der Waals surface area contributed by atoms with Crippen molar-refractivity contribution in [2.45, 2.75) is 24.7 Å². The molecule has 2 aromatic rings. The van der Waals surface area contributed by atoms with E-state index >= 15 is 0 Å². The Labute approximate surface area is 167 Å². The van der Waals surface area contributed by atoms with Gasteiger partial charge < -0.3 is 9.80 Å². The van der Waals surface area contributed by atoms with Crippen LogP contribution in [0.3, 0.4) is 0 Å². The number of rotatable bonds is 2. The van der Waals surface area contributed by atoms with Crippen LogP contribution >= 0.6 is 11.6 Å². The molecule has 1 fully saturated rings. The van der Waals surface area contributed by atoms with E-state index in [0.29, 0.717) is 29.4 Å². The molecule has 0 bridgehead atoms. The van der Waals surface area contributed by atoms with Gasteiger partial charge in [0.15, 0.2) is 4.91 Å². The molecule has 8 heteroatoms. The Morgan fingerprint density at radius 2 is 1.82 bits per heavy atom. The summed E-state index contributed by atoms with van der Waals surface area (Å²) >= 11 is 6.09. The third-order valence-electron chi connectivity index (χ3n) is 5.04. The first-order valence-corrected chi connectivity index (χ1v) is 10.8. The predicted molar refractivity (Wildman–Crippen MR) is 106 cm³/mol. The Bertz CT molecular complexity index is 1110. The summed E-state index contributed by atoms with van der Waals surface area (Å²) in [6.07, 6.45) is 2.97. The van der Waals surface area contributed by atoms with Gasteiger partial charge in [-0.05, 0) is 55.7 Å². The summed E-state index contributed by atoms with van der Waals surface area (Å²) in [6.45, 7) is 2.69. The topological polar surface area (TPSA) is 57.7 Å². The molecule has 146 valence electrons. The third-order valence-corrected chi connectivity index (χ3v) is 7.06. The van der Waals surface area contributed by atoms with Crippen LogP contribution in [-0.2, 0) is 14.6 Å². The van der Waals surface area contributed by atoms with E-state index in [1.165, 1.54) is 40.3 Å². The van der Waals surface area contributed by atoms with E-state index in [1.807, 2.05) is 0 Å². The molecule has 5 nitrogen and oxygen atoms in total. The smallest absolute Gasteiger partial charge is 0.267 e. The highest BCUT2D eigenvalue weighted by Gasteiger charge is 2.38. The van der Waals surface area contributed by atoms with Crippen molar-refractivity contribution in [3.05, 3.63) is 63.9 Å². The number of sulfone groups is 1. The average molecular weight is 421 g/mol. The Hall–Kier alpha value is -2.38. The molecule has 0 saturated carbocycles. The number of hydrogen-bond acceptors (Lipinski definition) is 4. The molecule has 28 heavy (non-hydrogen) atoms. The Morgan fingerprint density at radius 3 is 2.50 bits per heavy atom. The fourth-order valence-electron chi connectivity index (χ4n) is 3.47. The molecule has 2 aliphatic rings. The van der Waals surface area contributed by atoms with E-state index in [9.17, 15) is 17.6 Å². The Morgan fingerprint density at radius 1 is 1.11 bits per heavy atom. The van der Waals surface area contributed by atoms with Gasteiger partial charge in [-0.3, -0.25) is 4.79 Å². The summed E-state index contributed by atoms with van der Waals surface area (Å²) in [7, 11) is -4.02. The fraction of sp³-hybridized carbons (Fsp3) is 0.250. The summed E-state index contributed by atoms with van der Waals surface area (Å²) in [5.74, 6) is -0.953. The van der Waals surface area contributed by atoms with E-state index in [2.05, 4.69) is 0 Å². The van der Waals surface area contributed by atoms with Crippen molar-refractivity contribution >= 4 is 38.7 Å². The standard InChI is InChI=1S/C20H18ClFN2O3S/c1-13-4-6-15(11-16(13)22)24-12-19(20(25)23-8-2-3-9-23)28(26,27)18-7-5-14(21)10-17(18)24/h4-7,10-12H,2-3,8-9H2,1H3. The molecule has 0 aliphatic carbocycles. The summed E-state index contributed by atoms with van der Waals surface area (Å²) in [5, 5.41) is 0.342. The molecule has 2 heterocycles. The van der Waals surface area contributed by atoms with Crippen LogP contribution in [0.5, 0.6) is 0 Å². The van der Waals surface area contributed by atoms with Crippen LogP contribution < -0.4 is 4.90 Å². The second-order valence-electron chi connectivity index (χ2n) is 6.91. The molecular weight excluding hydrogens is 403 g/mol. The number of benzene rings is 2. The molecular formula is C20H18ClFN2O3S. The van der Waals surface area contributed by atoms with Crippen LogP contribution in [0.15, 0.2) is 52.4 Å². The molecule has 0 N–H and O–H groups in total. The van der Waals surface area contributed by atoms with Crippen LogP contribution in [0.2, 0.25) is 5.02 Å². The number of carbonyl (C=O) groups is 1. The summed E-state index contributed by atoms with van der Waals surface area (Å²) in [6, 6.07) is 8.94. The Balaban J connectivity index is 1.91. The number of aryl methyl sites for hydroxylation is 1. The molecule has 0 spiro atoms. The van der Waals surface area contributed by atoms with Gasteiger partial charge in [0.1, 0.15) is 5.82 Å². The van der Waals surface area contributed by atoms with Gasteiger partial charge in [-0.25, -0.2) is 12.8 Å². The summed E-state index contributed by atoms with van der Waals surface area (Å²) in [4.78, 5) is 15.7. The number of hydrogen-bond donors (Lipinski definition) is 0. The molecule has 2 aliphatic heterocycles. The van der Waals surface area contributed by atoms with Crippen molar-refractivity contribution in [2.24, 2.45) is 0 Å². The molecule has 0 unspecified atom stereocenters. The highest BCUT2D eigenvalue weighted by atomic mass is 35.5. The zero-order chi connectivity index (χ0) is 20.1. The van der Waals surface area contributed by atoms with Gasteiger partial charge in [0.2, 0.25) is 9.84 Å². The number of halogens is 2. The lowest BCUT2D eigenvalue weighted by atomic mass is 10.2. The first kappa shape index (κ1) is 19.0. The quantitative estimate of drug-likeness (QED) is 0.731. The van der Waals surface area contributed by atoms with E-state index in [4.69, 9.17) is 11.6 Å². The maximum absolute atomic E-state index is 14.2. The van der Waals surface area contributed by atoms with Crippen molar-refractivity contribution < 1.29 is 17.6 Å². The number of anilines is 2. The third kappa shape index (κ3) is 3.08. The van der Waals surface area contributed by atoms with Crippen LogP contribution in [0.4, 0.5) is 15.8 Å². The zero-order valence-corrected chi connectivity index (χ0v) is 16.7. The zero-order valence-electron chi connectivity index (χ0n) is 15.2. The highest BCUT2D eigenvalue weighted by Crippen LogP contribution is 2.41. The number of carbonyl (C=O) groups excluding carboxylic acids is 1. The maximum Gasteiger partial charge on any atom is 0.267 e. The second kappa shape index (κ2) is 6.90. The lowest BCUT2D eigenvalue weighted by molar-refractivity contribution is -0.125. The van der Waals surface area contributed by atoms with E-state index in [1.54, 1.807) is 19.1 Å². The largest absolute Gasteiger partial charge is 0.338 e. The van der Waals surface area contributed by atoms with Crippen LogP contribution in [0, 0.1) is 12.7 Å². The van der Waals surface area contributed by atoms with Crippen molar-refractivity contribution in [3.63, 3.8) is 0 Å². The molecule has 1 saturated heterocycles. The average Bonchev–Trinajstić information content (AvgIpc) is 3.18. The summed E-state index contributed by atoms with van der Waals surface area (Å²) < 4.78 is 40.5. The number of fused-ring (bicyclic) bond motifs is 1. The highest BCUT2D eigenvalue weighted by molar-refractivity contribution is 7.96. The van der Waals surface area contributed by atoms with Gasteiger partial charge in [-0.15, -0.1) is 0 Å². The van der Waals surface area contributed by atoms with Gasteiger partial charge in [-0.1, -0.05) is 17.7 Å². The van der Waals surface area contributed by atoms with Crippen molar-refractivity contribution in [3.8, 4) is 0 Å². The van der Waals surface area contributed by atoms with Gasteiger partial charge >= 0.3 is 0 Å². The number of amides is 1. The van der Waals surface area contributed by atoms with E-state index in [-0.39, 0.29) is 15.5 Å². The van der Waals surface area contributed by atoms with Crippen LogP contribution in [0.1, 0.15) is 18.4 Å². The molecule has 2 aromatic carbocycles. The van der Waals surface area contributed by atoms with Crippen LogP contribution in [-0.4, -0.2) is 32.3 Å². The van der Waals surface area contributed by atoms with Crippen molar-refractivity contribution in [1.82, 2.24) is 4.90 Å². The maximum atomic E-state index is 14.2. The minimum atomic E-state index is -4.02. The van der Waals surface area contributed by atoms with Gasteiger partial charge in [-0.2, -0.15) is 0 Å². The molecule has 0 atom stereocenters. The molecule has 1 amide bonds. The minimum Gasteiger partial charge on any atom is -0.338 e. The first-order chi connectivity index (χ1) is 13.3. The van der Waals surface area contributed by atoms with Crippen molar-refractivity contribution in [1.29, 1.82) is 0 Å². The normalized spacial score (nSPS) is 18.0. The molecule has 0 radical (unpaired) electrons. The van der Waals surface area contributed by atoms with Gasteiger partial charge in [0, 0.05) is 30.0 Å². The predicted octanol–water partition coefficient (Wildman–Crippen LogP) is 4.18. The van der Waals surface area contributed by atoms with Gasteiger partial charge in [0.25, 0.3) is 5.91 Å². The van der Waals surface area contributed by atoms with Gasteiger partial charge in [0.05, 0.1) is 10.6 Å². The molecule has 0 aromatic heterocycles. The lowest BCUT2D eigenvalue weighted by Crippen LogP contribution is -2.35. The SMILES string of the molecule is Cc1ccc(N2C=C(C(=O)N3CCCC3)S(=O)(=O)c3ccc(Cl)cc32)cc1F. The minimum absolute atomic E-state index is 0.0251. The van der Waals surface area contributed by atoms with Crippen LogP contribution in [0.25, 0.3) is 0 Å². The van der Waals surface area contributed by atoms with E-state index in [0.717, 1.165) is 12.8 Å². The second-order valence-corrected chi connectivity index (χ2v) is 9.23.